The first kappa shape index (κ1) is 11.5. The zero-order chi connectivity index (χ0) is 11.4. The molecule has 0 atom stereocenters. The quantitative estimate of drug-likeness (QED) is 0.570. The van der Waals surface area contributed by atoms with Gasteiger partial charge in [-0.05, 0) is 13.3 Å². The molecular formula is C9H15N3O3. The van der Waals surface area contributed by atoms with Gasteiger partial charge in [-0.25, -0.2) is 4.79 Å². The first-order chi connectivity index (χ1) is 7.07. The van der Waals surface area contributed by atoms with Crippen LogP contribution in [0.5, 0.6) is 0 Å². The van der Waals surface area contributed by atoms with Crippen molar-refractivity contribution in [3.05, 3.63) is 26.4 Å². The van der Waals surface area contributed by atoms with Crippen molar-refractivity contribution < 1.29 is 5.11 Å². The molecule has 0 saturated heterocycles. The number of aliphatic hydroxyl groups excluding tert-OH is 1. The summed E-state index contributed by atoms with van der Waals surface area (Å²) in [4.78, 5) is 24.8. The highest BCUT2D eigenvalue weighted by atomic mass is 16.3. The van der Waals surface area contributed by atoms with E-state index in [0.29, 0.717) is 24.3 Å². The number of H-pyrrole nitrogens is 1. The molecule has 1 aromatic rings. The van der Waals surface area contributed by atoms with E-state index in [1.54, 1.807) is 14.0 Å². The van der Waals surface area contributed by atoms with Gasteiger partial charge in [-0.1, -0.05) is 0 Å². The van der Waals surface area contributed by atoms with E-state index in [9.17, 15) is 9.59 Å². The van der Waals surface area contributed by atoms with E-state index in [2.05, 4.69) is 10.3 Å². The largest absolute Gasteiger partial charge is 0.396 e. The van der Waals surface area contributed by atoms with Crippen LogP contribution in [-0.4, -0.2) is 27.8 Å². The Morgan fingerprint density at radius 1 is 1.47 bits per heavy atom. The number of rotatable bonds is 4. The number of nitrogens with zero attached hydrogens (tertiary/aromatic N) is 1. The van der Waals surface area contributed by atoms with E-state index in [0.717, 1.165) is 0 Å². The van der Waals surface area contributed by atoms with Crippen LogP contribution in [0.2, 0.25) is 0 Å². The summed E-state index contributed by atoms with van der Waals surface area (Å²) < 4.78 is 1.34. The molecule has 1 aromatic heterocycles. The fourth-order valence-corrected chi connectivity index (χ4v) is 1.27. The second kappa shape index (κ2) is 4.79. The van der Waals surface area contributed by atoms with E-state index in [-0.39, 0.29) is 12.2 Å². The number of aliphatic hydroxyl groups is 1. The van der Waals surface area contributed by atoms with Crippen LogP contribution < -0.4 is 16.6 Å². The Hall–Kier alpha value is -1.56. The van der Waals surface area contributed by atoms with Crippen LogP contribution in [0, 0.1) is 6.92 Å². The van der Waals surface area contributed by atoms with E-state index in [1.165, 1.54) is 4.57 Å². The molecule has 0 aromatic carbocycles. The van der Waals surface area contributed by atoms with Crippen LogP contribution in [0.1, 0.15) is 12.0 Å². The zero-order valence-electron chi connectivity index (χ0n) is 8.83. The maximum Gasteiger partial charge on any atom is 0.329 e. The second-order valence-electron chi connectivity index (χ2n) is 3.30. The lowest BCUT2D eigenvalue weighted by Gasteiger charge is -2.11. The standard InChI is InChI=1S/C9H15N3O3/c1-6-7(10-4-3-5-13)12(2)9(15)11-8(6)14/h10,13H,3-5H2,1-2H3,(H,11,14,15). The van der Waals surface area contributed by atoms with E-state index >= 15 is 0 Å². The average molecular weight is 213 g/mol. The molecule has 0 bridgehead atoms. The number of aromatic nitrogens is 2. The molecule has 0 amide bonds. The molecule has 6 heteroatoms. The number of anilines is 1. The van der Waals surface area contributed by atoms with Crippen molar-refractivity contribution >= 4 is 5.82 Å². The van der Waals surface area contributed by atoms with Gasteiger partial charge in [-0.15, -0.1) is 0 Å². The molecule has 1 heterocycles. The molecule has 0 radical (unpaired) electrons. The monoisotopic (exact) mass is 213 g/mol. The molecule has 0 spiro atoms. The highest BCUT2D eigenvalue weighted by Crippen LogP contribution is 2.05. The Morgan fingerprint density at radius 2 is 2.13 bits per heavy atom. The van der Waals surface area contributed by atoms with Gasteiger partial charge in [-0.3, -0.25) is 14.3 Å². The lowest BCUT2D eigenvalue weighted by atomic mass is 10.3. The van der Waals surface area contributed by atoms with Gasteiger partial charge in [0.2, 0.25) is 0 Å². The Kier molecular flexibility index (Phi) is 3.68. The minimum absolute atomic E-state index is 0.0726. The normalized spacial score (nSPS) is 10.3. The minimum atomic E-state index is -0.447. The summed E-state index contributed by atoms with van der Waals surface area (Å²) in [5.74, 6) is 0.497. The smallest absolute Gasteiger partial charge is 0.329 e. The van der Waals surface area contributed by atoms with Crippen molar-refractivity contribution in [1.29, 1.82) is 0 Å². The average Bonchev–Trinajstić information content (AvgIpc) is 2.20. The first-order valence-corrected chi connectivity index (χ1v) is 4.72. The fraction of sp³-hybridized carbons (Fsp3) is 0.556. The molecule has 84 valence electrons. The second-order valence-corrected chi connectivity index (χ2v) is 3.30. The van der Waals surface area contributed by atoms with Gasteiger partial charge < -0.3 is 10.4 Å². The third-order valence-corrected chi connectivity index (χ3v) is 2.18. The minimum Gasteiger partial charge on any atom is -0.396 e. The summed E-state index contributed by atoms with van der Waals surface area (Å²) in [7, 11) is 1.58. The van der Waals surface area contributed by atoms with Crippen molar-refractivity contribution in [2.45, 2.75) is 13.3 Å². The first-order valence-electron chi connectivity index (χ1n) is 4.72. The Balaban J connectivity index is 3.05. The summed E-state index contributed by atoms with van der Waals surface area (Å²) in [6.45, 7) is 2.23. The van der Waals surface area contributed by atoms with Gasteiger partial charge in [0.25, 0.3) is 5.56 Å². The highest BCUT2D eigenvalue weighted by molar-refractivity contribution is 5.42. The summed E-state index contributed by atoms with van der Waals surface area (Å²) in [5.41, 5.74) is -0.364. The van der Waals surface area contributed by atoms with Crippen LogP contribution >= 0.6 is 0 Å². The SMILES string of the molecule is Cc1c(NCCCO)n(C)c(=O)[nH]c1=O. The van der Waals surface area contributed by atoms with Crippen molar-refractivity contribution in [1.82, 2.24) is 9.55 Å². The van der Waals surface area contributed by atoms with Crippen LogP contribution in [-0.2, 0) is 7.05 Å². The van der Waals surface area contributed by atoms with E-state index in [4.69, 9.17) is 5.11 Å². The number of hydrogen-bond acceptors (Lipinski definition) is 4. The molecular weight excluding hydrogens is 198 g/mol. The van der Waals surface area contributed by atoms with Gasteiger partial charge >= 0.3 is 5.69 Å². The Morgan fingerprint density at radius 3 is 2.73 bits per heavy atom. The van der Waals surface area contributed by atoms with Crippen LogP contribution in [0.25, 0.3) is 0 Å². The highest BCUT2D eigenvalue weighted by Gasteiger charge is 2.07. The van der Waals surface area contributed by atoms with Gasteiger partial charge in [0, 0.05) is 20.2 Å². The summed E-state index contributed by atoms with van der Waals surface area (Å²) in [6.07, 6.45) is 0.570. The maximum atomic E-state index is 11.3. The van der Waals surface area contributed by atoms with Gasteiger partial charge in [0.1, 0.15) is 5.82 Å². The molecule has 0 aliphatic rings. The lowest BCUT2D eigenvalue weighted by molar-refractivity contribution is 0.292. The third-order valence-electron chi connectivity index (χ3n) is 2.18. The van der Waals surface area contributed by atoms with Gasteiger partial charge in [-0.2, -0.15) is 0 Å². The predicted molar refractivity (Wildman–Crippen MR) is 57.2 cm³/mol. The van der Waals surface area contributed by atoms with Crippen molar-refractivity contribution in [3.63, 3.8) is 0 Å². The molecule has 0 unspecified atom stereocenters. The Labute approximate surface area is 86.6 Å². The molecule has 0 fully saturated rings. The maximum absolute atomic E-state index is 11.3. The molecule has 1 rings (SSSR count). The van der Waals surface area contributed by atoms with Crippen molar-refractivity contribution in [2.24, 2.45) is 7.05 Å². The summed E-state index contributed by atoms with van der Waals surface area (Å²) in [6, 6.07) is 0. The lowest BCUT2D eigenvalue weighted by Crippen LogP contribution is -2.32. The summed E-state index contributed by atoms with van der Waals surface area (Å²) in [5, 5.41) is 11.6. The fourth-order valence-electron chi connectivity index (χ4n) is 1.27. The van der Waals surface area contributed by atoms with Crippen LogP contribution in [0.3, 0.4) is 0 Å². The van der Waals surface area contributed by atoms with Crippen LogP contribution in [0.15, 0.2) is 9.59 Å². The molecule has 0 aliphatic heterocycles. The van der Waals surface area contributed by atoms with Gasteiger partial charge in [0.05, 0.1) is 5.56 Å². The molecule has 0 saturated carbocycles. The summed E-state index contributed by atoms with van der Waals surface area (Å²) >= 11 is 0. The van der Waals surface area contributed by atoms with Crippen molar-refractivity contribution in [3.8, 4) is 0 Å². The van der Waals surface area contributed by atoms with E-state index in [1.807, 2.05) is 0 Å². The Bertz CT molecular complexity index is 413. The predicted octanol–water partition coefficient (Wildman–Crippen LogP) is -0.824. The molecule has 0 aliphatic carbocycles. The molecule has 6 nitrogen and oxygen atoms in total. The van der Waals surface area contributed by atoms with Crippen molar-refractivity contribution in [2.75, 3.05) is 18.5 Å². The van der Waals surface area contributed by atoms with E-state index < -0.39 is 5.69 Å². The molecule has 3 N–H and O–H groups in total. The number of nitrogens with one attached hydrogen (secondary N) is 2. The molecule has 15 heavy (non-hydrogen) atoms. The third kappa shape index (κ3) is 2.47. The number of hydrogen-bond donors (Lipinski definition) is 3. The van der Waals surface area contributed by atoms with Gasteiger partial charge in [0.15, 0.2) is 0 Å². The van der Waals surface area contributed by atoms with Crippen LogP contribution in [0.4, 0.5) is 5.82 Å². The zero-order valence-corrected chi connectivity index (χ0v) is 8.83. The number of aromatic amines is 1. The topological polar surface area (TPSA) is 87.1 Å².